The zero-order valence-corrected chi connectivity index (χ0v) is 16.0. The summed E-state index contributed by atoms with van der Waals surface area (Å²) in [6.45, 7) is 0.183. The Labute approximate surface area is 165 Å². The highest BCUT2D eigenvalue weighted by Gasteiger charge is 2.39. The number of imide groups is 1. The molecule has 0 bridgehead atoms. The van der Waals surface area contributed by atoms with E-state index < -0.39 is 0 Å². The normalized spacial score (nSPS) is 14.3. The van der Waals surface area contributed by atoms with E-state index in [1.54, 1.807) is 6.20 Å². The second-order valence-electron chi connectivity index (χ2n) is 5.97. The number of thioether (sulfide) groups is 1. The standard InChI is InChI=1S/C21H16N2O2S2/c24-20-18(17-10-6-12-26-17)19(27-14-15-7-2-1-3-8-15)21(25)23(20)13-16-9-4-5-11-22-16/h1-12H,13-14H2. The molecule has 4 rings (SSSR count). The van der Waals surface area contributed by atoms with Gasteiger partial charge in [0, 0.05) is 16.8 Å². The van der Waals surface area contributed by atoms with Crippen LogP contribution in [-0.4, -0.2) is 21.7 Å². The minimum Gasteiger partial charge on any atom is -0.268 e. The third-order valence-corrected chi connectivity index (χ3v) is 6.20. The third-order valence-electron chi connectivity index (χ3n) is 4.17. The highest BCUT2D eigenvalue weighted by atomic mass is 32.2. The summed E-state index contributed by atoms with van der Waals surface area (Å²) in [7, 11) is 0. The predicted octanol–water partition coefficient (Wildman–Crippen LogP) is 4.36. The van der Waals surface area contributed by atoms with Crippen LogP contribution in [0, 0.1) is 0 Å². The molecule has 0 saturated heterocycles. The number of pyridine rings is 1. The number of hydrogen-bond donors (Lipinski definition) is 0. The Balaban J connectivity index is 1.63. The van der Waals surface area contributed by atoms with E-state index in [0.29, 0.717) is 21.9 Å². The molecule has 1 aliphatic heterocycles. The van der Waals surface area contributed by atoms with Gasteiger partial charge in [-0.1, -0.05) is 42.5 Å². The molecule has 0 fully saturated rings. The number of amides is 2. The fourth-order valence-electron chi connectivity index (χ4n) is 2.85. The lowest BCUT2D eigenvalue weighted by Gasteiger charge is -2.14. The molecule has 0 radical (unpaired) electrons. The van der Waals surface area contributed by atoms with Gasteiger partial charge in [-0.25, -0.2) is 0 Å². The molecule has 2 aromatic heterocycles. The van der Waals surface area contributed by atoms with Crippen LogP contribution in [0.25, 0.3) is 5.57 Å². The summed E-state index contributed by atoms with van der Waals surface area (Å²) >= 11 is 2.90. The first-order valence-corrected chi connectivity index (χ1v) is 10.3. The van der Waals surface area contributed by atoms with Gasteiger partial charge in [-0.05, 0) is 29.1 Å². The van der Waals surface area contributed by atoms with Crippen LogP contribution >= 0.6 is 23.1 Å². The molecule has 0 atom stereocenters. The average Bonchev–Trinajstić information content (AvgIpc) is 3.31. The molecule has 3 aromatic rings. The van der Waals surface area contributed by atoms with Crippen LogP contribution in [0.2, 0.25) is 0 Å². The Kier molecular flexibility index (Phi) is 5.18. The lowest BCUT2D eigenvalue weighted by molar-refractivity contribution is -0.137. The Morgan fingerprint density at radius 1 is 0.926 bits per heavy atom. The first-order valence-electron chi connectivity index (χ1n) is 8.45. The first kappa shape index (κ1) is 17.7. The van der Waals surface area contributed by atoms with Gasteiger partial charge in [0.2, 0.25) is 0 Å². The summed E-state index contributed by atoms with van der Waals surface area (Å²) < 4.78 is 0. The van der Waals surface area contributed by atoms with Crippen molar-refractivity contribution in [3.8, 4) is 0 Å². The van der Waals surface area contributed by atoms with Gasteiger partial charge in [-0.3, -0.25) is 19.5 Å². The van der Waals surface area contributed by atoms with Crippen molar-refractivity contribution in [3.63, 3.8) is 0 Å². The van der Waals surface area contributed by atoms with E-state index in [2.05, 4.69) is 4.98 Å². The second kappa shape index (κ2) is 7.90. The number of carbonyl (C=O) groups is 2. The highest BCUT2D eigenvalue weighted by Crippen LogP contribution is 2.39. The Morgan fingerprint density at radius 3 is 2.44 bits per heavy atom. The summed E-state index contributed by atoms with van der Waals surface area (Å²) in [6.07, 6.45) is 1.67. The lowest BCUT2D eigenvalue weighted by Crippen LogP contribution is -2.31. The molecule has 0 saturated carbocycles. The molecule has 3 heterocycles. The third kappa shape index (κ3) is 3.72. The minimum atomic E-state index is -0.247. The molecule has 0 N–H and O–H groups in total. The van der Waals surface area contributed by atoms with E-state index in [1.165, 1.54) is 28.0 Å². The first-order chi connectivity index (χ1) is 13.2. The highest BCUT2D eigenvalue weighted by molar-refractivity contribution is 8.03. The summed E-state index contributed by atoms with van der Waals surface area (Å²) in [5.41, 5.74) is 2.31. The van der Waals surface area contributed by atoms with Crippen LogP contribution in [0.1, 0.15) is 16.1 Å². The van der Waals surface area contributed by atoms with Gasteiger partial charge < -0.3 is 0 Å². The van der Waals surface area contributed by atoms with E-state index in [-0.39, 0.29) is 18.4 Å². The molecule has 27 heavy (non-hydrogen) atoms. The van der Waals surface area contributed by atoms with Crippen LogP contribution in [0.5, 0.6) is 0 Å². The fraction of sp³-hybridized carbons (Fsp3) is 0.0952. The van der Waals surface area contributed by atoms with Gasteiger partial charge in [-0.2, -0.15) is 0 Å². The van der Waals surface area contributed by atoms with Gasteiger partial charge >= 0.3 is 0 Å². The van der Waals surface area contributed by atoms with E-state index >= 15 is 0 Å². The van der Waals surface area contributed by atoms with Crippen LogP contribution < -0.4 is 0 Å². The maximum absolute atomic E-state index is 13.1. The Bertz CT molecular complexity index is 984. The van der Waals surface area contributed by atoms with Crippen molar-refractivity contribution >= 4 is 40.5 Å². The summed E-state index contributed by atoms with van der Waals surface area (Å²) in [4.78, 5) is 33.0. The molecule has 0 spiro atoms. The van der Waals surface area contributed by atoms with Crippen molar-refractivity contribution in [3.05, 3.63) is 93.3 Å². The van der Waals surface area contributed by atoms with Crippen LogP contribution in [-0.2, 0) is 21.9 Å². The van der Waals surface area contributed by atoms with Crippen molar-refractivity contribution in [2.75, 3.05) is 0 Å². The van der Waals surface area contributed by atoms with Gasteiger partial charge in [0.25, 0.3) is 11.8 Å². The Morgan fingerprint density at radius 2 is 1.74 bits per heavy atom. The van der Waals surface area contributed by atoms with Gasteiger partial charge in [0.05, 0.1) is 22.7 Å². The number of aromatic nitrogens is 1. The summed E-state index contributed by atoms with van der Waals surface area (Å²) in [5, 5.41) is 1.92. The lowest BCUT2D eigenvalue weighted by atomic mass is 10.2. The monoisotopic (exact) mass is 392 g/mol. The van der Waals surface area contributed by atoms with Crippen molar-refractivity contribution in [2.45, 2.75) is 12.3 Å². The molecule has 1 aromatic carbocycles. The molecular formula is C21H16N2O2S2. The number of carbonyl (C=O) groups excluding carboxylic acids is 2. The summed E-state index contributed by atoms with van der Waals surface area (Å²) in [6, 6.07) is 19.2. The zero-order chi connectivity index (χ0) is 18.6. The van der Waals surface area contributed by atoms with E-state index in [1.807, 2.05) is 66.0 Å². The molecule has 0 unspecified atom stereocenters. The van der Waals surface area contributed by atoms with Crippen molar-refractivity contribution in [1.82, 2.24) is 9.88 Å². The molecule has 4 nitrogen and oxygen atoms in total. The molecule has 6 heteroatoms. The zero-order valence-electron chi connectivity index (χ0n) is 14.4. The van der Waals surface area contributed by atoms with Crippen molar-refractivity contribution in [1.29, 1.82) is 0 Å². The Hall–Kier alpha value is -2.70. The molecule has 0 aliphatic carbocycles. The summed E-state index contributed by atoms with van der Waals surface area (Å²) in [5.74, 6) is 0.153. The van der Waals surface area contributed by atoms with Crippen molar-refractivity contribution in [2.24, 2.45) is 0 Å². The van der Waals surface area contributed by atoms with Crippen LogP contribution in [0.15, 0.2) is 77.1 Å². The SMILES string of the molecule is O=C1C(SCc2ccccc2)=C(c2cccs2)C(=O)N1Cc1ccccn1. The van der Waals surface area contributed by atoms with E-state index in [9.17, 15) is 9.59 Å². The largest absolute Gasteiger partial charge is 0.268 e. The quantitative estimate of drug-likeness (QED) is 0.585. The van der Waals surface area contributed by atoms with Crippen LogP contribution in [0.3, 0.4) is 0 Å². The maximum atomic E-state index is 13.1. The number of thiophene rings is 1. The minimum absolute atomic E-state index is 0.183. The van der Waals surface area contributed by atoms with Gasteiger partial charge in [-0.15, -0.1) is 23.1 Å². The number of hydrogen-bond acceptors (Lipinski definition) is 5. The van der Waals surface area contributed by atoms with Gasteiger partial charge in [0.1, 0.15) is 0 Å². The predicted molar refractivity (Wildman–Crippen MR) is 109 cm³/mol. The number of nitrogens with zero attached hydrogens (tertiary/aromatic N) is 2. The second-order valence-corrected chi connectivity index (χ2v) is 7.91. The van der Waals surface area contributed by atoms with E-state index in [4.69, 9.17) is 0 Å². The maximum Gasteiger partial charge on any atom is 0.268 e. The molecule has 1 aliphatic rings. The molecule has 134 valence electrons. The molecule has 2 amide bonds. The molecular weight excluding hydrogens is 376 g/mol. The van der Waals surface area contributed by atoms with Gasteiger partial charge in [0.15, 0.2) is 0 Å². The van der Waals surface area contributed by atoms with Crippen LogP contribution in [0.4, 0.5) is 0 Å². The van der Waals surface area contributed by atoms with E-state index in [0.717, 1.165) is 10.4 Å². The number of benzene rings is 1. The number of rotatable bonds is 6. The fourth-order valence-corrected chi connectivity index (χ4v) is 4.76. The van der Waals surface area contributed by atoms with Crippen molar-refractivity contribution < 1.29 is 9.59 Å². The smallest absolute Gasteiger partial charge is 0.268 e. The topological polar surface area (TPSA) is 50.3 Å². The average molecular weight is 393 g/mol.